The number of hydrogen-bond donors (Lipinski definition) is 2. The molecule has 2 rings (SSSR count). The molecule has 4 atom stereocenters. The van der Waals surface area contributed by atoms with Gasteiger partial charge < -0.3 is 11.1 Å². The predicted molar refractivity (Wildman–Crippen MR) is 41.8 cm³/mol. The zero-order chi connectivity index (χ0) is 8.01. The van der Waals surface area contributed by atoms with Crippen molar-refractivity contribution in [3.63, 3.8) is 0 Å². The lowest BCUT2D eigenvalue weighted by Crippen LogP contribution is -2.30. The zero-order valence-corrected chi connectivity index (χ0v) is 6.71. The summed E-state index contributed by atoms with van der Waals surface area (Å²) in [6.45, 7) is 2.15. The maximum Gasteiger partial charge on any atom is 0.224 e. The summed E-state index contributed by atoms with van der Waals surface area (Å²) in [6.07, 6.45) is 2.03. The van der Waals surface area contributed by atoms with E-state index in [1.165, 1.54) is 0 Å². The van der Waals surface area contributed by atoms with Crippen LogP contribution in [0.25, 0.3) is 0 Å². The Bertz CT molecular complexity index is 193. The lowest BCUT2D eigenvalue weighted by molar-refractivity contribution is -0.122. The van der Waals surface area contributed by atoms with Gasteiger partial charge in [-0.15, -0.1) is 0 Å². The van der Waals surface area contributed by atoms with Crippen molar-refractivity contribution in [3.8, 4) is 0 Å². The molecule has 4 unspecified atom stereocenters. The maximum absolute atomic E-state index is 11.2. The molecule has 0 aromatic carbocycles. The highest BCUT2D eigenvalue weighted by molar-refractivity contribution is 5.82. The highest BCUT2D eigenvalue weighted by Gasteiger charge is 2.43. The van der Waals surface area contributed by atoms with Crippen LogP contribution in [0.5, 0.6) is 0 Å². The summed E-state index contributed by atoms with van der Waals surface area (Å²) < 4.78 is 0. The normalized spacial score (nSPS) is 46.7. The molecule has 0 bridgehead atoms. The molecule has 62 valence electrons. The summed E-state index contributed by atoms with van der Waals surface area (Å²) in [5.74, 6) is 0.989. The predicted octanol–water partition coefficient (Wildman–Crippen LogP) is -0.142. The van der Waals surface area contributed by atoms with Crippen LogP contribution in [0.15, 0.2) is 0 Å². The number of nitrogens with one attached hydrogen (secondary N) is 1. The minimum Gasteiger partial charge on any atom is -0.353 e. The van der Waals surface area contributed by atoms with Crippen LogP contribution < -0.4 is 11.1 Å². The van der Waals surface area contributed by atoms with E-state index in [-0.39, 0.29) is 17.9 Å². The van der Waals surface area contributed by atoms with Crippen LogP contribution in [0.2, 0.25) is 0 Å². The van der Waals surface area contributed by atoms with E-state index in [1.807, 2.05) is 0 Å². The Morgan fingerprint density at radius 2 is 2.09 bits per heavy atom. The average molecular weight is 154 g/mol. The molecular weight excluding hydrogens is 140 g/mol. The minimum atomic E-state index is 0.128. The first-order valence-electron chi connectivity index (χ1n) is 4.24. The standard InChI is InChI=1S/C8H14N2O/c1-4-2-7(4)10-8(11)5-3-6(5)9/h4-7H,2-3,9H2,1H3,(H,10,11). The Labute approximate surface area is 66.3 Å². The molecule has 0 aromatic rings. The summed E-state index contributed by atoms with van der Waals surface area (Å²) in [5, 5.41) is 2.98. The van der Waals surface area contributed by atoms with Crippen molar-refractivity contribution in [1.29, 1.82) is 0 Å². The van der Waals surface area contributed by atoms with Crippen LogP contribution in [0.3, 0.4) is 0 Å². The van der Waals surface area contributed by atoms with Gasteiger partial charge in [0.25, 0.3) is 0 Å². The fraction of sp³-hybridized carbons (Fsp3) is 0.875. The summed E-state index contributed by atoms with van der Waals surface area (Å²) in [4.78, 5) is 11.2. The van der Waals surface area contributed by atoms with Gasteiger partial charge in [0, 0.05) is 12.1 Å². The van der Waals surface area contributed by atoms with Gasteiger partial charge in [-0.3, -0.25) is 4.79 Å². The van der Waals surface area contributed by atoms with Crippen LogP contribution in [-0.4, -0.2) is 18.0 Å². The van der Waals surface area contributed by atoms with Gasteiger partial charge in [0.15, 0.2) is 0 Å². The van der Waals surface area contributed by atoms with Gasteiger partial charge in [0.2, 0.25) is 5.91 Å². The number of carbonyl (C=O) groups excluding carboxylic acids is 1. The van der Waals surface area contributed by atoms with E-state index in [2.05, 4.69) is 12.2 Å². The van der Waals surface area contributed by atoms with Gasteiger partial charge in [-0.25, -0.2) is 0 Å². The zero-order valence-electron chi connectivity index (χ0n) is 6.71. The molecule has 2 fully saturated rings. The number of rotatable bonds is 2. The molecule has 3 N–H and O–H groups in total. The van der Waals surface area contributed by atoms with Crippen molar-refractivity contribution in [1.82, 2.24) is 5.32 Å². The Hall–Kier alpha value is -0.570. The molecule has 3 nitrogen and oxygen atoms in total. The number of hydrogen-bond acceptors (Lipinski definition) is 2. The third-order valence-electron chi connectivity index (χ3n) is 2.61. The smallest absolute Gasteiger partial charge is 0.224 e. The molecule has 0 aliphatic heterocycles. The first-order valence-corrected chi connectivity index (χ1v) is 4.24. The quantitative estimate of drug-likeness (QED) is 0.581. The second-order valence-corrected chi connectivity index (χ2v) is 3.83. The molecule has 0 heterocycles. The van der Waals surface area contributed by atoms with Crippen molar-refractivity contribution in [3.05, 3.63) is 0 Å². The molecule has 0 saturated heterocycles. The second-order valence-electron chi connectivity index (χ2n) is 3.83. The molecule has 2 aliphatic rings. The monoisotopic (exact) mass is 154 g/mol. The van der Waals surface area contributed by atoms with E-state index in [9.17, 15) is 4.79 Å². The fourth-order valence-corrected chi connectivity index (χ4v) is 1.33. The SMILES string of the molecule is CC1CC1NC(=O)C1CC1N. The van der Waals surface area contributed by atoms with E-state index >= 15 is 0 Å². The Morgan fingerprint density at radius 1 is 1.55 bits per heavy atom. The van der Waals surface area contributed by atoms with Crippen LogP contribution in [0.1, 0.15) is 19.8 Å². The summed E-state index contributed by atoms with van der Waals surface area (Å²) in [5.41, 5.74) is 5.54. The van der Waals surface area contributed by atoms with E-state index in [1.54, 1.807) is 0 Å². The molecule has 0 aromatic heterocycles. The summed E-state index contributed by atoms with van der Waals surface area (Å²) >= 11 is 0. The van der Waals surface area contributed by atoms with E-state index in [0.717, 1.165) is 12.8 Å². The maximum atomic E-state index is 11.2. The van der Waals surface area contributed by atoms with Gasteiger partial charge in [-0.2, -0.15) is 0 Å². The molecule has 3 heteroatoms. The lowest BCUT2D eigenvalue weighted by atomic mass is 10.3. The molecule has 2 aliphatic carbocycles. The van der Waals surface area contributed by atoms with Crippen molar-refractivity contribution in [2.75, 3.05) is 0 Å². The number of amides is 1. The van der Waals surface area contributed by atoms with E-state index in [0.29, 0.717) is 12.0 Å². The Kier molecular flexibility index (Phi) is 1.42. The van der Waals surface area contributed by atoms with Gasteiger partial charge in [0.1, 0.15) is 0 Å². The topological polar surface area (TPSA) is 55.1 Å². The number of nitrogens with two attached hydrogens (primary N) is 1. The molecule has 2 saturated carbocycles. The van der Waals surface area contributed by atoms with Crippen LogP contribution >= 0.6 is 0 Å². The lowest BCUT2D eigenvalue weighted by Gasteiger charge is -2.00. The van der Waals surface area contributed by atoms with Crippen LogP contribution in [-0.2, 0) is 4.79 Å². The largest absolute Gasteiger partial charge is 0.353 e. The van der Waals surface area contributed by atoms with Crippen LogP contribution in [0, 0.1) is 11.8 Å². The average Bonchev–Trinajstić information content (AvgIpc) is 2.76. The van der Waals surface area contributed by atoms with Crippen molar-refractivity contribution in [2.24, 2.45) is 17.6 Å². The molecular formula is C8H14N2O. The summed E-state index contributed by atoms with van der Waals surface area (Å²) in [7, 11) is 0. The van der Waals surface area contributed by atoms with Crippen molar-refractivity contribution >= 4 is 5.91 Å². The highest BCUT2D eigenvalue weighted by atomic mass is 16.2. The van der Waals surface area contributed by atoms with E-state index < -0.39 is 0 Å². The number of carbonyl (C=O) groups is 1. The molecule has 0 spiro atoms. The van der Waals surface area contributed by atoms with Gasteiger partial charge >= 0.3 is 0 Å². The fourth-order valence-electron chi connectivity index (χ4n) is 1.33. The highest BCUT2D eigenvalue weighted by Crippen LogP contribution is 2.32. The Balaban J connectivity index is 1.74. The third-order valence-corrected chi connectivity index (χ3v) is 2.61. The van der Waals surface area contributed by atoms with Crippen molar-refractivity contribution < 1.29 is 4.79 Å². The van der Waals surface area contributed by atoms with Gasteiger partial charge in [-0.05, 0) is 18.8 Å². The summed E-state index contributed by atoms with van der Waals surface area (Å²) in [6, 6.07) is 0.597. The third kappa shape index (κ3) is 1.38. The Morgan fingerprint density at radius 3 is 2.45 bits per heavy atom. The molecule has 11 heavy (non-hydrogen) atoms. The second kappa shape index (κ2) is 2.21. The van der Waals surface area contributed by atoms with Gasteiger partial charge in [-0.1, -0.05) is 6.92 Å². The van der Waals surface area contributed by atoms with Crippen LogP contribution in [0.4, 0.5) is 0 Å². The first kappa shape index (κ1) is 7.10. The van der Waals surface area contributed by atoms with Gasteiger partial charge in [0.05, 0.1) is 5.92 Å². The minimum absolute atomic E-state index is 0.128. The van der Waals surface area contributed by atoms with E-state index in [4.69, 9.17) is 5.73 Å². The van der Waals surface area contributed by atoms with Crippen molar-refractivity contribution in [2.45, 2.75) is 31.8 Å². The first-order chi connectivity index (χ1) is 5.18. The molecule has 1 amide bonds. The molecule has 0 radical (unpaired) electrons.